The van der Waals surface area contributed by atoms with Crippen molar-refractivity contribution in [2.75, 3.05) is 13.1 Å². The fourth-order valence-electron chi connectivity index (χ4n) is 2.94. The van der Waals surface area contributed by atoms with Crippen LogP contribution in [0.1, 0.15) is 45.1 Å². The highest BCUT2D eigenvalue weighted by Gasteiger charge is 2.36. The van der Waals surface area contributed by atoms with Crippen LogP contribution in [0.25, 0.3) is 0 Å². The van der Waals surface area contributed by atoms with Gasteiger partial charge in [0.25, 0.3) is 0 Å². The summed E-state index contributed by atoms with van der Waals surface area (Å²) < 4.78 is 5.44. The summed E-state index contributed by atoms with van der Waals surface area (Å²) in [6, 6.07) is 2.97. The molecule has 1 aliphatic heterocycles. The Morgan fingerprint density at radius 3 is 2.65 bits per heavy atom. The van der Waals surface area contributed by atoms with Gasteiger partial charge in [-0.1, -0.05) is 13.8 Å². The van der Waals surface area contributed by atoms with Gasteiger partial charge in [0.2, 0.25) is 11.8 Å². The van der Waals surface area contributed by atoms with Crippen LogP contribution >= 0.6 is 0 Å². The van der Waals surface area contributed by atoms with Crippen molar-refractivity contribution in [1.82, 2.24) is 10.2 Å². The molecule has 0 bridgehead atoms. The number of amides is 2. The molecule has 23 heavy (non-hydrogen) atoms. The molecule has 2 N–H and O–H groups in total. The van der Waals surface area contributed by atoms with Crippen LogP contribution in [0.5, 0.6) is 0 Å². The molecular formula is C17H26N2O4. The van der Waals surface area contributed by atoms with Crippen molar-refractivity contribution < 1.29 is 19.1 Å². The van der Waals surface area contributed by atoms with Crippen molar-refractivity contribution >= 4 is 11.8 Å². The monoisotopic (exact) mass is 322 g/mol. The molecule has 6 nitrogen and oxygen atoms in total. The van der Waals surface area contributed by atoms with E-state index in [2.05, 4.69) is 5.32 Å². The highest BCUT2D eigenvalue weighted by Crippen LogP contribution is 2.23. The van der Waals surface area contributed by atoms with Crippen LogP contribution in [0.3, 0.4) is 0 Å². The van der Waals surface area contributed by atoms with E-state index in [0.717, 1.165) is 6.42 Å². The molecule has 6 heteroatoms. The first-order chi connectivity index (χ1) is 10.7. The molecule has 2 rings (SSSR count). The van der Waals surface area contributed by atoms with Gasteiger partial charge in [-0.25, -0.2) is 0 Å². The molecule has 1 aromatic rings. The van der Waals surface area contributed by atoms with E-state index in [0.29, 0.717) is 24.5 Å². The zero-order chi connectivity index (χ0) is 17.2. The Morgan fingerprint density at radius 2 is 2.17 bits per heavy atom. The summed E-state index contributed by atoms with van der Waals surface area (Å²) in [4.78, 5) is 26.1. The Labute approximate surface area is 136 Å². The Balaban J connectivity index is 2.03. The molecule has 1 fully saturated rings. The fourth-order valence-corrected chi connectivity index (χ4v) is 2.94. The van der Waals surface area contributed by atoms with Crippen molar-refractivity contribution in [3.05, 3.63) is 23.7 Å². The van der Waals surface area contributed by atoms with Crippen LogP contribution in [0, 0.1) is 12.8 Å². The Hall–Kier alpha value is -1.82. The molecule has 0 saturated carbocycles. The van der Waals surface area contributed by atoms with E-state index in [1.54, 1.807) is 30.9 Å². The van der Waals surface area contributed by atoms with Crippen molar-refractivity contribution in [1.29, 1.82) is 0 Å². The number of aliphatic hydroxyl groups is 1. The average molecular weight is 322 g/mol. The predicted octanol–water partition coefficient (Wildman–Crippen LogP) is 1.56. The number of likely N-dealkylation sites (tertiary alicyclic amines) is 1. The number of nitrogens with zero attached hydrogens (tertiary/aromatic N) is 1. The van der Waals surface area contributed by atoms with E-state index in [9.17, 15) is 14.7 Å². The van der Waals surface area contributed by atoms with Crippen molar-refractivity contribution in [2.45, 2.75) is 52.2 Å². The zero-order valence-corrected chi connectivity index (χ0v) is 14.3. The average Bonchev–Trinajstić information content (AvgIpc) is 3.07. The van der Waals surface area contributed by atoms with Crippen molar-refractivity contribution in [2.24, 2.45) is 5.92 Å². The second-order valence-corrected chi connectivity index (χ2v) is 6.78. The Bertz CT molecular complexity index is 577. The molecule has 2 unspecified atom stereocenters. The maximum Gasteiger partial charge on any atom is 0.243 e. The van der Waals surface area contributed by atoms with Gasteiger partial charge in [-0.2, -0.15) is 0 Å². The van der Waals surface area contributed by atoms with Crippen molar-refractivity contribution in [3.8, 4) is 0 Å². The lowest BCUT2D eigenvalue weighted by Crippen LogP contribution is -2.52. The molecule has 2 heterocycles. The number of rotatable bonds is 6. The quantitative estimate of drug-likeness (QED) is 0.832. The second kappa shape index (κ2) is 6.74. The lowest BCUT2D eigenvalue weighted by atomic mass is 10.00. The van der Waals surface area contributed by atoms with E-state index in [4.69, 9.17) is 4.42 Å². The Morgan fingerprint density at radius 1 is 1.48 bits per heavy atom. The lowest BCUT2D eigenvalue weighted by Gasteiger charge is -2.31. The van der Waals surface area contributed by atoms with E-state index < -0.39 is 11.6 Å². The van der Waals surface area contributed by atoms with E-state index in [1.807, 2.05) is 13.8 Å². The normalized spacial score (nSPS) is 19.0. The molecule has 0 radical (unpaired) electrons. The molecule has 1 saturated heterocycles. The highest BCUT2D eigenvalue weighted by molar-refractivity contribution is 5.88. The second-order valence-electron chi connectivity index (χ2n) is 6.78. The van der Waals surface area contributed by atoms with Crippen LogP contribution in [-0.4, -0.2) is 41.0 Å². The Kier molecular flexibility index (Phi) is 5.14. The SMILES string of the molecule is Cc1ccc(C(C)(O)CNC(=O)C(C(C)C)N2CCCC2=O)o1. The minimum Gasteiger partial charge on any atom is -0.463 e. The third-order valence-electron chi connectivity index (χ3n) is 4.22. The summed E-state index contributed by atoms with van der Waals surface area (Å²) in [5, 5.41) is 13.3. The number of nitrogens with one attached hydrogen (secondary N) is 1. The summed E-state index contributed by atoms with van der Waals surface area (Å²) in [7, 11) is 0. The number of aryl methyl sites for hydroxylation is 1. The first kappa shape index (κ1) is 17.5. The summed E-state index contributed by atoms with van der Waals surface area (Å²) in [5.41, 5.74) is -1.29. The van der Waals surface area contributed by atoms with Gasteiger partial charge in [-0.15, -0.1) is 0 Å². The van der Waals surface area contributed by atoms with Gasteiger partial charge in [0.05, 0.1) is 6.54 Å². The topological polar surface area (TPSA) is 82.8 Å². The van der Waals surface area contributed by atoms with E-state index in [-0.39, 0.29) is 24.3 Å². The standard InChI is InChI=1S/C17H26N2O4/c1-11(2)15(19-9-5-6-14(19)20)16(21)18-10-17(4,22)13-8-7-12(3)23-13/h7-8,11,15,22H,5-6,9-10H2,1-4H3,(H,18,21). The van der Waals surface area contributed by atoms with Crippen molar-refractivity contribution in [3.63, 3.8) is 0 Å². The minimum absolute atomic E-state index is 0.00727. The number of hydrogen-bond acceptors (Lipinski definition) is 4. The van der Waals surface area contributed by atoms with Gasteiger partial charge in [0.15, 0.2) is 0 Å². The van der Waals surface area contributed by atoms with Gasteiger partial charge in [0, 0.05) is 13.0 Å². The number of carbonyl (C=O) groups is 2. The largest absolute Gasteiger partial charge is 0.463 e. The molecule has 0 aromatic carbocycles. The molecule has 0 spiro atoms. The molecule has 128 valence electrons. The first-order valence-corrected chi connectivity index (χ1v) is 8.09. The number of carbonyl (C=O) groups excluding carboxylic acids is 2. The third kappa shape index (κ3) is 3.93. The van der Waals surface area contributed by atoms with E-state index in [1.165, 1.54) is 0 Å². The maximum absolute atomic E-state index is 12.6. The van der Waals surface area contributed by atoms with Gasteiger partial charge < -0.3 is 19.7 Å². The van der Waals surface area contributed by atoms with E-state index >= 15 is 0 Å². The van der Waals surface area contributed by atoms with Crippen LogP contribution in [0.15, 0.2) is 16.5 Å². The summed E-state index contributed by atoms with van der Waals surface area (Å²) in [5.74, 6) is 0.905. The highest BCUT2D eigenvalue weighted by atomic mass is 16.4. The molecular weight excluding hydrogens is 296 g/mol. The summed E-state index contributed by atoms with van der Waals surface area (Å²) in [6.07, 6.45) is 1.29. The third-order valence-corrected chi connectivity index (χ3v) is 4.22. The number of furan rings is 1. The smallest absolute Gasteiger partial charge is 0.243 e. The van der Waals surface area contributed by atoms with Crippen LogP contribution in [0.2, 0.25) is 0 Å². The summed E-state index contributed by atoms with van der Waals surface area (Å²) >= 11 is 0. The molecule has 2 amide bonds. The molecule has 0 aliphatic carbocycles. The molecule has 1 aliphatic rings. The van der Waals surface area contributed by atoms with Crippen LogP contribution < -0.4 is 5.32 Å². The minimum atomic E-state index is -1.29. The lowest BCUT2D eigenvalue weighted by molar-refractivity contribution is -0.139. The molecule has 1 aromatic heterocycles. The maximum atomic E-state index is 12.6. The summed E-state index contributed by atoms with van der Waals surface area (Å²) in [6.45, 7) is 7.88. The first-order valence-electron chi connectivity index (χ1n) is 8.09. The zero-order valence-electron chi connectivity index (χ0n) is 14.3. The van der Waals surface area contributed by atoms with Crippen LogP contribution in [0.4, 0.5) is 0 Å². The van der Waals surface area contributed by atoms with Gasteiger partial charge >= 0.3 is 0 Å². The van der Waals surface area contributed by atoms with Gasteiger partial charge in [0.1, 0.15) is 23.2 Å². The molecule has 2 atom stereocenters. The van der Waals surface area contributed by atoms with Crippen LogP contribution in [-0.2, 0) is 15.2 Å². The number of hydrogen-bond donors (Lipinski definition) is 2. The van der Waals surface area contributed by atoms with Gasteiger partial charge in [-0.05, 0) is 38.3 Å². The predicted molar refractivity (Wildman–Crippen MR) is 85.6 cm³/mol. The fraction of sp³-hybridized carbons (Fsp3) is 0.647. The van der Waals surface area contributed by atoms with Gasteiger partial charge in [-0.3, -0.25) is 9.59 Å².